The fourth-order valence-corrected chi connectivity index (χ4v) is 3.91. The number of fused-ring (bicyclic) bond motifs is 1. The highest BCUT2D eigenvalue weighted by atomic mass is 16.2. The van der Waals surface area contributed by atoms with Gasteiger partial charge >= 0.3 is 0 Å². The van der Waals surface area contributed by atoms with Crippen LogP contribution in [0.5, 0.6) is 0 Å². The molecule has 0 saturated carbocycles. The zero-order valence-electron chi connectivity index (χ0n) is 12.8. The van der Waals surface area contributed by atoms with Crippen LogP contribution in [0.2, 0.25) is 0 Å². The van der Waals surface area contributed by atoms with E-state index in [1.165, 1.54) is 5.56 Å². The first-order chi connectivity index (χ1) is 11.1. The van der Waals surface area contributed by atoms with Crippen molar-refractivity contribution in [1.29, 1.82) is 0 Å². The van der Waals surface area contributed by atoms with Crippen LogP contribution < -0.4 is 10.6 Å². The number of piperidine rings is 1. The van der Waals surface area contributed by atoms with Gasteiger partial charge in [-0.1, -0.05) is 12.1 Å². The molecular formula is C17H19N3O3. The van der Waals surface area contributed by atoms with Crippen molar-refractivity contribution in [1.82, 2.24) is 15.5 Å². The quantitative estimate of drug-likeness (QED) is 0.781. The zero-order chi connectivity index (χ0) is 16.0. The molecule has 3 aliphatic heterocycles. The van der Waals surface area contributed by atoms with Crippen LogP contribution in [0.15, 0.2) is 18.2 Å². The molecular weight excluding hydrogens is 294 g/mol. The van der Waals surface area contributed by atoms with Crippen LogP contribution in [0, 0.1) is 0 Å². The van der Waals surface area contributed by atoms with Gasteiger partial charge in [-0.05, 0) is 42.5 Å². The van der Waals surface area contributed by atoms with Crippen molar-refractivity contribution < 1.29 is 14.4 Å². The Labute approximate surface area is 134 Å². The Hall–Kier alpha value is -2.21. The molecule has 3 amide bonds. The third-order valence-electron chi connectivity index (χ3n) is 5.12. The standard InChI is InChI=1S/C17H19N3O3/c21-15-5-4-14(16(22)19-15)20-9-13-11(10-6-7-18-8-10)2-1-3-12(13)17(20)23/h1-3,10,14,18H,4-9H2,(H,19,21,22). The van der Waals surface area contributed by atoms with E-state index < -0.39 is 6.04 Å². The Kier molecular flexibility index (Phi) is 3.41. The molecule has 2 saturated heterocycles. The van der Waals surface area contributed by atoms with Gasteiger partial charge in [-0.3, -0.25) is 19.7 Å². The SMILES string of the molecule is O=C1CCC(N2Cc3c(cccc3C3CCNC3)C2=O)C(=O)N1. The van der Waals surface area contributed by atoms with Crippen LogP contribution in [0.1, 0.15) is 46.7 Å². The van der Waals surface area contributed by atoms with Crippen LogP contribution in [0.25, 0.3) is 0 Å². The average molecular weight is 313 g/mol. The Morgan fingerprint density at radius 2 is 2.00 bits per heavy atom. The fourth-order valence-electron chi connectivity index (χ4n) is 3.91. The van der Waals surface area contributed by atoms with E-state index in [1.54, 1.807) is 4.90 Å². The van der Waals surface area contributed by atoms with E-state index in [0.29, 0.717) is 24.4 Å². The van der Waals surface area contributed by atoms with Gasteiger partial charge < -0.3 is 10.2 Å². The number of nitrogens with one attached hydrogen (secondary N) is 2. The summed E-state index contributed by atoms with van der Waals surface area (Å²) in [6.07, 6.45) is 1.77. The number of benzene rings is 1. The smallest absolute Gasteiger partial charge is 0.255 e. The van der Waals surface area contributed by atoms with Gasteiger partial charge in [0, 0.05) is 25.1 Å². The highest BCUT2D eigenvalue weighted by Gasteiger charge is 2.40. The molecule has 6 heteroatoms. The summed E-state index contributed by atoms with van der Waals surface area (Å²) < 4.78 is 0. The van der Waals surface area contributed by atoms with Crippen LogP contribution >= 0.6 is 0 Å². The number of amides is 3. The Balaban J connectivity index is 1.64. The van der Waals surface area contributed by atoms with Gasteiger partial charge in [0.2, 0.25) is 11.8 Å². The third kappa shape index (κ3) is 2.34. The second-order valence-electron chi connectivity index (χ2n) is 6.46. The van der Waals surface area contributed by atoms with Gasteiger partial charge in [-0.25, -0.2) is 0 Å². The predicted octanol–water partition coefficient (Wildman–Crippen LogP) is 0.525. The van der Waals surface area contributed by atoms with E-state index >= 15 is 0 Å². The van der Waals surface area contributed by atoms with E-state index in [9.17, 15) is 14.4 Å². The summed E-state index contributed by atoms with van der Waals surface area (Å²) in [5.41, 5.74) is 2.98. The largest absolute Gasteiger partial charge is 0.322 e. The molecule has 1 aromatic carbocycles. The third-order valence-corrected chi connectivity index (χ3v) is 5.12. The molecule has 0 spiro atoms. The summed E-state index contributed by atoms with van der Waals surface area (Å²) in [6, 6.07) is 5.33. The van der Waals surface area contributed by atoms with Crippen molar-refractivity contribution in [3.8, 4) is 0 Å². The molecule has 1 aromatic rings. The van der Waals surface area contributed by atoms with E-state index in [4.69, 9.17) is 0 Å². The molecule has 120 valence electrons. The van der Waals surface area contributed by atoms with Gasteiger partial charge in [0.15, 0.2) is 0 Å². The average Bonchev–Trinajstić information content (AvgIpc) is 3.16. The number of imide groups is 1. The van der Waals surface area contributed by atoms with Crippen molar-refractivity contribution in [3.63, 3.8) is 0 Å². The van der Waals surface area contributed by atoms with Crippen LogP contribution in [0.3, 0.4) is 0 Å². The molecule has 2 unspecified atom stereocenters. The summed E-state index contributed by atoms with van der Waals surface area (Å²) >= 11 is 0. The Bertz CT molecular complexity index is 694. The lowest BCUT2D eigenvalue weighted by Gasteiger charge is -2.29. The number of rotatable bonds is 2. The van der Waals surface area contributed by atoms with Crippen molar-refractivity contribution >= 4 is 17.7 Å². The van der Waals surface area contributed by atoms with E-state index in [1.807, 2.05) is 12.1 Å². The lowest BCUT2D eigenvalue weighted by molar-refractivity contribution is -0.136. The summed E-state index contributed by atoms with van der Waals surface area (Å²) in [5.74, 6) is -0.276. The minimum absolute atomic E-state index is 0.0951. The van der Waals surface area contributed by atoms with Crippen LogP contribution in [0.4, 0.5) is 0 Å². The van der Waals surface area contributed by atoms with Gasteiger partial charge in [-0.15, -0.1) is 0 Å². The number of hydrogen-bond acceptors (Lipinski definition) is 4. The molecule has 0 bridgehead atoms. The topological polar surface area (TPSA) is 78.5 Å². The molecule has 3 aliphatic rings. The maximum absolute atomic E-state index is 12.7. The number of nitrogens with zero attached hydrogens (tertiary/aromatic N) is 1. The maximum Gasteiger partial charge on any atom is 0.255 e. The summed E-state index contributed by atoms with van der Waals surface area (Å²) in [7, 11) is 0. The monoisotopic (exact) mass is 313 g/mol. The van der Waals surface area contributed by atoms with Crippen LogP contribution in [-0.2, 0) is 16.1 Å². The molecule has 2 atom stereocenters. The molecule has 2 fully saturated rings. The molecule has 0 aromatic heterocycles. The first-order valence-electron chi connectivity index (χ1n) is 8.12. The molecule has 6 nitrogen and oxygen atoms in total. The summed E-state index contributed by atoms with van der Waals surface area (Å²) in [6.45, 7) is 2.40. The van der Waals surface area contributed by atoms with Gasteiger partial charge in [0.05, 0.1) is 0 Å². The molecule has 4 rings (SSSR count). The molecule has 3 heterocycles. The first-order valence-corrected chi connectivity index (χ1v) is 8.12. The molecule has 0 radical (unpaired) electrons. The maximum atomic E-state index is 12.7. The minimum atomic E-state index is -0.540. The van der Waals surface area contributed by atoms with E-state index in [2.05, 4.69) is 16.7 Å². The Morgan fingerprint density at radius 3 is 2.74 bits per heavy atom. The molecule has 2 N–H and O–H groups in total. The molecule has 23 heavy (non-hydrogen) atoms. The minimum Gasteiger partial charge on any atom is -0.322 e. The highest BCUT2D eigenvalue weighted by Crippen LogP contribution is 2.34. The lowest BCUT2D eigenvalue weighted by atomic mass is 9.91. The van der Waals surface area contributed by atoms with Crippen molar-refractivity contribution in [2.24, 2.45) is 0 Å². The van der Waals surface area contributed by atoms with Crippen molar-refractivity contribution in [2.75, 3.05) is 13.1 Å². The predicted molar refractivity (Wildman–Crippen MR) is 82.7 cm³/mol. The van der Waals surface area contributed by atoms with E-state index in [-0.39, 0.29) is 24.1 Å². The second-order valence-corrected chi connectivity index (χ2v) is 6.46. The number of carbonyl (C=O) groups is 3. The van der Waals surface area contributed by atoms with Gasteiger partial charge in [0.25, 0.3) is 5.91 Å². The summed E-state index contributed by atoms with van der Waals surface area (Å²) in [5, 5.41) is 5.70. The van der Waals surface area contributed by atoms with Gasteiger partial charge in [0.1, 0.15) is 6.04 Å². The zero-order valence-corrected chi connectivity index (χ0v) is 12.8. The molecule has 0 aliphatic carbocycles. The summed E-state index contributed by atoms with van der Waals surface area (Å²) in [4.78, 5) is 37.8. The van der Waals surface area contributed by atoms with Crippen molar-refractivity contribution in [2.45, 2.75) is 37.8 Å². The van der Waals surface area contributed by atoms with Crippen LogP contribution in [-0.4, -0.2) is 41.8 Å². The normalized spacial score (nSPS) is 27.3. The second kappa shape index (κ2) is 5.45. The number of hydrogen-bond donors (Lipinski definition) is 2. The lowest BCUT2D eigenvalue weighted by Crippen LogP contribution is -2.52. The van der Waals surface area contributed by atoms with Crippen molar-refractivity contribution in [3.05, 3.63) is 34.9 Å². The Morgan fingerprint density at radius 1 is 1.13 bits per heavy atom. The van der Waals surface area contributed by atoms with Gasteiger partial charge in [-0.2, -0.15) is 0 Å². The van der Waals surface area contributed by atoms with E-state index in [0.717, 1.165) is 25.1 Å². The highest BCUT2D eigenvalue weighted by molar-refractivity contribution is 6.05. The fraction of sp³-hybridized carbons (Fsp3) is 0.471. The number of carbonyl (C=O) groups excluding carboxylic acids is 3. The first kappa shape index (κ1) is 14.4.